The first-order valence-corrected chi connectivity index (χ1v) is 6.98. The molecule has 1 aromatic rings. The van der Waals surface area contributed by atoms with E-state index in [1.165, 1.54) is 7.11 Å². The molecule has 1 aromatic heterocycles. The molecule has 1 atom stereocenters. The largest absolute Gasteiger partial charge is 0.372 e. The number of methoxy groups -OCH3 is 1. The van der Waals surface area contributed by atoms with E-state index in [1.54, 1.807) is 18.3 Å². The maximum absolute atomic E-state index is 11.5. The van der Waals surface area contributed by atoms with Crippen molar-refractivity contribution in [2.45, 2.75) is 45.6 Å². The van der Waals surface area contributed by atoms with Crippen molar-refractivity contribution in [3.8, 4) is 0 Å². The molecule has 0 radical (unpaired) electrons. The summed E-state index contributed by atoms with van der Waals surface area (Å²) in [5, 5.41) is 5.99. The van der Waals surface area contributed by atoms with Crippen molar-refractivity contribution >= 4 is 17.2 Å². The van der Waals surface area contributed by atoms with Gasteiger partial charge in [-0.1, -0.05) is 20.8 Å². The second kappa shape index (κ2) is 6.29. The molecule has 5 heteroatoms. The molecule has 102 valence electrons. The van der Waals surface area contributed by atoms with Gasteiger partial charge in [-0.3, -0.25) is 4.79 Å². The van der Waals surface area contributed by atoms with Gasteiger partial charge >= 0.3 is 0 Å². The molecule has 0 saturated heterocycles. The summed E-state index contributed by atoms with van der Waals surface area (Å²) in [5.74, 6) is -0.0786. The van der Waals surface area contributed by atoms with Crippen LogP contribution >= 0.6 is 11.3 Å². The van der Waals surface area contributed by atoms with E-state index >= 15 is 0 Å². The number of nitrogens with one attached hydrogen (secondary N) is 1. The summed E-state index contributed by atoms with van der Waals surface area (Å²) in [7, 11) is 1.53. The molecule has 0 fully saturated rings. The predicted octanol–water partition coefficient (Wildman–Crippen LogP) is 2.13. The second-order valence-corrected chi connectivity index (χ2v) is 6.24. The van der Waals surface area contributed by atoms with Crippen LogP contribution in [0.2, 0.25) is 0 Å². The summed E-state index contributed by atoms with van der Waals surface area (Å²) in [6.45, 7) is 8.77. The normalized spacial score (nSPS) is 13.4. The van der Waals surface area contributed by atoms with Crippen LogP contribution in [0.25, 0.3) is 0 Å². The Balaban J connectivity index is 2.41. The molecular formula is C13H22N2O2S. The van der Waals surface area contributed by atoms with Crippen LogP contribution < -0.4 is 5.32 Å². The average molecular weight is 270 g/mol. The molecular weight excluding hydrogens is 248 g/mol. The number of hydrogen-bond acceptors (Lipinski definition) is 4. The molecule has 1 amide bonds. The lowest BCUT2D eigenvalue weighted by molar-refractivity contribution is -0.129. The van der Waals surface area contributed by atoms with Crippen molar-refractivity contribution in [2.75, 3.05) is 13.7 Å². The van der Waals surface area contributed by atoms with Crippen molar-refractivity contribution in [1.82, 2.24) is 10.3 Å². The van der Waals surface area contributed by atoms with E-state index in [0.29, 0.717) is 6.54 Å². The summed E-state index contributed by atoms with van der Waals surface area (Å²) in [6, 6.07) is 0. The van der Waals surface area contributed by atoms with E-state index in [1.807, 2.05) is 0 Å². The third-order valence-corrected chi connectivity index (χ3v) is 3.59. The molecule has 0 saturated carbocycles. The Hall–Kier alpha value is -0.940. The van der Waals surface area contributed by atoms with Crippen LogP contribution in [-0.4, -0.2) is 30.6 Å². The van der Waals surface area contributed by atoms with Gasteiger partial charge in [0.1, 0.15) is 6.10 Å². The average Bonchev–Trinajstić information content (AvgIpc) is 2.76. The van der Waals surface area contributed by atoms with Crippen LogP contribution in [0.4, 0.5) is 0 Å². The van der Waals surface area contributed by atoms with E-state index in [2.05, 4.69) is 36.5 Å². The summed E-state index contributed by atoms with van der Waals surface area (Å²) >= 11 is 1.65. The van der Waals surface area contributed by atoms with E-state index in [0.717, 1.165) is 17.1 Å². The van der Waals surface area contributed by atoms with Gasteiger partial charge in [0.15, 0.2) is 0 Å². The Morgan fingerprint density at radius 2 is 2.22 bits per heavy atom. The highest BCUT2D eigenvalue weighted by atomic mass is 32.1. The monoisotopic (exact) mass is 270 g/mol. The number of carbonyl (C=O) groups is 1. The van der Waals surface area contributed by atoms with Gasteiger partial charge in [0.05, 0.1) is 10.7 Å². The molecule has 0 spiro atoms. The fourth-order valence-electron chi connectivity index (χ4n) is 1.31. The summed E-state index contributed by atoms with van der Waals surface area (Å²) in [4.78, 5) is 16.1. The molecule has 0 aliphatic heterocycles. The van der Waals surface area contributed by atoms with E-state index in [9.17, 15) is 4.79 Å². The van der Waals surface area contributed by atoms with Crippen molar-refractivity contribution in [2.24, 2.45) is 0 Å². The maximum atomic E-state index is 11.5. The molecule has 0 bridgehead atoms. The highest BCUT2D eigenvalue weighted by Crippen LogP contribution is 2.23. The van der Waals surface area contributed by atoms with Gasteiger partial charge in [-0.2, -0.15) is 0 Å². The minimum atomic E-state index is -0.397. The fourth-order valence-corrected chi connectivity index (χ4v) is 2.34. The number of ether oxygens (including phenoxy) is 1. The topological polar surface area (TPSA) is 51.2 Å². The Bertz CT molecular complexity index is 396. The van der Waals surface area contributed by atoms with Crippen molar-refractivity contribution in [3.05, 3.63) is 16.1 Å². The molecule has 0 unspecified atom stereocenters. The summed E-state index contributed by atoms with van der Waals surface area (Å²) < 4.78 is 4.94. The molecule has 4 nitrogen and oxygen atoms in total. The third-order valence-electron chi connectivity index (χ3n) is 2.68. The number of carbonyl (C=O) groups excluding carboxylic acids is 1. The maximum Gasteiger partial charge on any atom is 0.248 e. The summed E-state index contributed by atoms with van der Waals surface area (Å²) in [5.41, 5.74) is 1.20. The van der Waals surface area contributed by atoms with Gasteiger partial charge in [0, 0.05) is 30.9 Å². The van der Waals surface area contributed by atoms with Gasteiger partial charge in [-0.25, -0.2) is 4.98 Å². The Kier molecular flexibility index (Phi) is 5.28. The zero-order valence-corrected chi connectivity index (χ0v) is 12.6. The first-order chi connectivity index (χ1) is 8.34. The minimum absolute atomic E-state index is 0.0786. The third kappa shape index (κ3) is 4.38. The SMILES string of the molecule is CO[C@@H](C)C(=O)NCCc1nc(C(C)(C)C)cs1. The Morgan fingerprint density at radius 1 is 1.56 bits per heavy atom. The van der Waals surface area contributed by atoms with Gasteiger partial charge in [-0.05, 0) is 6.92 Å². The highest BCUT2D eigenvalue weighted by molar-refractivity contribution is 7.09. The van der Waals surface area contributed by atoms with Gasteiger partial charge < -0.3 is 10.1 Å². The molecule has 1 heterocycles. The van der Waals surface area contributed by atoms with Crippen molar-refractivity contribution in [1.29, 1.82) is 0 Å². The van der Waals surface area contributed by atoms with E-state index in [-0.39, 0.29) is 11.3 Å². The standard InChI is InChI=1S/C13H22N2O2S/c1-9(17-5)12(16)14-7-6-11-15-10(8-18-11)13(2,3)4/h8-9H,6-7H2,1-5H3,(H,14,16)/t9-/m0/s1. The number of rotatable bonds is 5. The lowest BCUT2D eigenvalue weighted by Crippen LogP contribution is -2.35. The van der Waals surface area contributed by atoms with Crippen LogP contribution in [0, 0.1) is 0 Å². The predicted molar refractivity (Wildman–Crippen MR) is 74.0 cm³/mol. The lowest BCUT2D eigenvalue weighted by Gasteiger charge is -2.14. The minimum Gasteiger partial charge on any atom is -0.372 e. The fraction of sp³-hybridized carbons (Fsp3) is 0.692. The zero-order chi connectivity index (χ0) is 13.8. The first-order valence-electron chi connectivity index (χ1n) is 6.10. The number of amides is 1. The molecule has 1 N–H and O–H groups in total. The van der Waals surface area contributed by atoms with Crippen LogP contribution in [0.15, 0.2) is 5.38 Å². The molecule has 18 heavy (non-hydrogen) atoms. The van der Waals surface area contributed by atoms with Gasteiger partial charge in [-0.15, -0.1) is 11.3 Å². The Labute approximate surface area is 113 Å². The first kappa shape index (κ1) is 15.1. The molecule has 1 rings (SSSR count). The van der Waals surface area contributed by atoms with Crippen molar-refractivity contribution in [3.63, 3.8) is 0 Å². The van der Waals surface area contributed by atoms with Gasteiger partial charge in [0.25, 0.3) is 0 Å². The quantitative estimate of drug-likeness (QED) is 0.892. The number of nitrogens with zero attached hydrogens (tertiary/aromatic N) is 1. The van der Waals surface area contributed by atoms with E-state index < -0.39 is 6.10 Å². The Morgan fingerprint density at radius 3 is 2.72 bits per heavy atom. The zero-order valence-electron chi connectivity index (χ0n) is 11.7. The van der Waals surface area contributed by atoms with Crippen molar-refractivity contribution < 1.29 is 9.53 Å². The lowest BCUT2D eigenvalue weighted by atomic mass is 9.93. The number of hydrogen-bond donors (Lipinski definition) is 1. The van der Waals surface area contributed by atoms with E-state index in [4.69, 9.17) is 4.74 Å². The number of thiazole rings is 1. The number of aromatic nitrogens is 1. The van der Waals surface area contributed by atoms with Crippen LogP contribution in [0.1, 0.15) is 38.4 Å². The van der Waals surface area contributed by atoms with Gasteiger partial charge in [0.2, 0.25) is 5.91 Å². The van der Waals surface area contributed by atoms with Crippen LogP contribution in [0.3, 0.4) is 0 Å². The molecule has 0 aliphatic carbocycles. The smallest absolute Gasteiger partial charge is 0.248 e. The van der Waals surface area contributed by atoms with Crippen LogP contribution in [-0.2, 0) is 21.4 Å². The molecule has 0 aliphatic rings. The highest BCUT2D eigenvalue weighted by Gasteiger charge is 2.17. The summed E-state index contributed by atoms with van der Waals surface area (Å²) in [6.07, 6.45) is 0.370. The molecule has 0 aromatic carbocycles. The second-order valence-electron chi connectivity index (χ2n) is 5.30. The van der Waals surface area contributed by atoms with Crippen LogP contribution in [0.5, 0.6) is 0 Å².